The van der Waals surface area contributed by atoms with E-state index in [1.54, 1.807) is 0 Å². The van der Waals surface area contributed by atoms with Crippen LogP contribution in [0.3, 0.4) is 0 Å². The monoisotopic (exact) mass is 229 g/mol. The second-order valence-corrected chi connectivity index (χ2v) is 4.66. The van der Waals surface area contributed by atoms with E-state index in [0.29, 0.717) is 12.5 Å². The molecule has 2 rings (SSSR count). The van der Waals surface area contributed by atoms with Crippen LogP contribution in [0, 0.1) is 5.92 Å². The van der Waals surface area contributed by atoms with Crippen molar-refractivity contribution in [2.24, 2.45) is 11.7 Å². The van der Waals surface area contributed by atoms with Crippen molar-refractivity contribution in [3.05, 3.63) is 42.1 Å². The Balaban J connectivity index is 2.46. The summed E-state index contributed by atoms with van der Waals surface area (Å²) < 4.78 is 2.06. The number of aromatic nitrogens is 2. The summed E-state index contributed by atoms with van der Waals surface area (Å²) in [7, 11) is 0. The molecule has 3 heteroatoms. The third-order valence-corrected chi connectivity index (χ3v) is 2.72. The number of nitrogens with two attached hydrogens (primary N) is 1. The zero-order chi connectivity index (χ0) is 12.3. The van der Waals surface area contributed by atoms with Gasteiger partial charge in [0.05, 0.1) is 11.9 Å². The van der Waals surface area contributed by atoms with Crippen LogP contribution >= 0.6 is 0 Å². The number of hydrogen-bond donors (Lipinski definition) is 1. The third kappa shape index (κ3) is 2.56. The van der Waals surface area contributed by atoms with Gasteiger partial charge in [-0.05, 0) is 5.92 Å². The summed E-state index contributed by atoms with van der Waals surface area (Å²) in [6.45, 7) is 5.84. The van der Waals surface area contributed by atoms with Crippen LogP contribution in [0.4, 0.5) is 0 Å². The fraction of sp³-hybridized carbons (Fsp3) is 0.357. The van der Waals surface area contributed by atoms with Crippen molar-refractivity contribution in [3.8, 4) is 11.3 Å². The standard InChI is InChI=1S/C14H19N3/c1-11(2)10-17-14(13(8-15)9-16-17)12-6-4-3-5-7-12/h3-7,9,11H,8,10,15H2,1-2H3. The summed E-state index contributed by atoms with van der Waals surface area (Å²) in [4.78, 5) is 0. The molecule has 0 aliphatic carbocycles. The van der Waals surface area contributed by atoms with Gasteiger partial charge in [-0.15, -0.1) is 0 Å². The molecular weight excluding hydrogens is 210 g/mol. The molecule has 0 saturated carbocycles. The number of rotatable bonds is 4. The first-order valence-corrected chi connectivity index (χ1v) is 6.02. The SMILES string of the molecule is CC(C)Cn1ncc(CN)c1-c1ccccc1. The highest BCUT2D eigenvalue weighted by Crippen LogP contribution is 2.23. The minimum absolute atomic E-state index is 0.530. The molecule has 1 heterocycles. The van der Waals surface area contributed by atoms with E-state index in [-0.39, 0.29) is 0 Å². The molecule has 0 aliphatic heterocycles. The van der Waals surface area contributed by atoms with Crippen molar-refractivity contribution in [1.29, 1.82) is 0 Å². The highest BCUT2D eigenvalue weighted by Gasteiger charge is 2.12. The fourth-order valence-corrected chi connectivity index (χ4v) is 1.99. The van der Waals surface area contributed by atoms with E-state index >= 15 is 0 Å². The second-order valence-electron chi connectivity index (χ2n) is 4.66. The van der Waals surface area contributed by atoms with Gasteiger partial charge < -0.3 is 5.73 Å². The van der Waals surface area contributed by atoms with Gasteiger partial charge in [0.1, 0.15) is 0 Å². The van der Waals surface area contributed by atoms with Crippen molar-refractivity contribution >= 4 is 0 Å². The zero-order valence-corrected chi connectivity index (χ0v) is 10.4. The Labute approximate surface area is 102 Å². The summed E-state index contributed by atoms with van der Waals surface area (Å²) in [6, 6.07) is 10.3. The minimum Gasteiger partial charge on any atom is -0.326 e. The second kappa shape index (κ2) is 5.15. The maximum absolute atomic E-state index is 5.78. The molecule has 1 aromatic heterocycles. The Morgan fingerprint density at radius 1 is 1.24 bits per heavy atom. The van der Waals surface area contributed by atoms with Crippen molar-refractivity contribution < 1.29 is 0 Å². The van der Waals surface area contributed by atoms with E-state index < -0.39 is 0 Å². The number of benzene rings is 1. The van der Waals surface area contributed by atoms with Crippen LogP contribution in [0.2, 0.25) is 0 Å². The van der Waals surface area contributed by atoms with Gasteiger partial charge in [0.2, 0.25) is 0 Å². The molecule has 0 bridgehead atoms. The van der Waals surface area contributed by atoms with Gasteiger partial charge in [-0.25, -0.2) is 0 Å². The van der Waals surface area contributed by atoms with E-state index in [9.17, 15) is 0 Å². The van der Waals surface area contributed by atoms with Crippen molar-refractivity contribution in [1.82, 2.24) is 9.78 Å². The molecule has 0 unspecified atom stereocenters. The van der Waals surface area contributed by atoms with Gasteiger partial charge >= 0.3 is 0 Å². The first-order chi connectivity index (χ1) is 8.22. The predicted octanol–water partition coefficient (Wildman–Crippen LogP) is 2.66. The topological polar surface area (TPSA) is 43.8 Å². The molecule has 0 aliphatic rings. The lowest BCUT2D eigenvalue weighted by atomic mass is 10.1. The van der Waals surface area contributed by atoms with Crippen molar-refractivity contribution in [2.75, 3.05) is 0 Å². The van der Waals surface area contributed by atoms with Crippen LogP contribution in [0.25, 0.3) is 11.3 Å². The molecule has 90 valence electrons. The Morgan fingerprint density at radius 3 is 2.53 bits per heavy atom. The molecule has 1 aromatic carbocycles. The average Bonchev–Trinajstić information content (AvgIpc) is 2.72. The van der Waals surface area contributed by atoms with Gasteiger partial charge in [-0.2, -0.15) is 5.10 Å². The lowest BCUT2D eigenvalue weighted by molar-refractivity contribution is 0.487. The summed E-state index contributed by atoms with van der Waals surface area (Å²) in [5, 5.41) is 4.44. The fourth-order valence-electron chi connectivity index (χ4n) is 1.99. The molecule has 0 spiro atoms. The van der Waals surface area contributed by atoms with E-state index in [0.717, 1.165) is 17.8 Å². The van der Waals surface area contributed by atoms with E-state index in [1.807, 2.05) is 24.4 Å². The first-order valence-electron chi connectivity index (χ1n) is 6.02. The molecule has 17 heavy (non-hydrogen) atoms. The lowest BCUT2D eigenvalue weighted by Gasteiger charge is -2.11. The third-order valence-electron chi connectivity index (χ3n) is 2.72. The van der Waals surface area contributed by atoms with Crippen LogP contribution in [-0.4, -0.2) is 9.78 Å². The van der Waals surface area contributed by atoms with Gasteiger partial charge in [0.15, 0.2) is 0 Å². The molecule has 2 aromatic rings. The maximum atomic E-state index is 5.78. The van der Waals surface area contributed by atoms with E-state index in [4.69, 9.17) is 5.73 Å². The quantitative estimate of drug-likeness (QED) is 0.876. The average molecular weight is 229 g/mol. The van der Waals surface area contributed by atoms with Crippen LogP contribution in [-0.2, 0) is 13.1 Å². The van der Waals surface area contributed by atoms with Crippen LogP contribution in [0.15, 0.2) is 36.5 Å². The smallest absolute Gasteiger partial charge is 0.0727 e. The molecule has 0 fully saturated rings. The van der Waals surface area contributed by atoms with Gasteiger partial charge in [-0.1, -0.05) is 44.2 Å². The highest BCUT2D eigenvalue weighted by molar-refractivity contribution is 5.63. The molecule has 0 saturated heterocycles. The minimum atomic E-state index is 0.530. The van der Waals surface area contributed by atoms with Crippen LogP contribution in [0.1, 0.15) is 19.4 Å². The first kappa shape index (κ1) is 11.9. The summed E-state index contributed by atoms with van der Waals surface area (Å²) >= 11 is 0. The van der Waals surface area contributed by atoms with Crippen molar-refractivity contribution in [2.45, 2.75) is 26.9 Å². The van der Waals surface area contributed by atoms with Crippen molar-refractivity contribution in [3.63, 3.8) is 0 Å². The molecule has 0 atom stereocenters. The van der Waals surface area contributed by atoms with Gasteiger partial charge in [0.25, 0.3) is 0 Å². The molecule has 0 radical (unpaired) electrons. The molecule has 0 amide bonds. The van der Waals surface area contributed by atoms with E-state index in [2.05, 4.69) is 35.8 Å². The summed E-state index contributed by atoms with van der Waals surface area (Å²) in [5.41, 5.74) is 9.23. The Kier molecular flexibility index (Phi) is 3.59. The Hall–Kier alpha value is -1.61. The highest BCUT2D eigenvalue weighted by atomic mass is 15.3. The van der Waals surface area contributed by atoms with Crippen LogP contribution in [0.5, 0.6) is 0 Å². The van der Waals surface area contributed by atoms with Crippen LogP contribution < -0.4 is 5.73 Å². The van der Waals surface area contributed by atoms with Gasteiger partial charge in [0, 0.05) is 24.2 Å². The Bertz CT molecular complexity index is 471. The summed E-state index contributed by atoms with van der Waals surface area (Å²) in [5.74, 6) is 0.572. The molecule has 3 nitrogen and oxygen atoms in total. The molecular formula is C14H19N3. The predicted molar refractivity (Wildman–Crippen MR) is 70.4 cm³/mol. The largest absolute Gasteiger partial charge is 0.326 e. The number of nitrogens with zero attached hydrogens (tertiary/aromatic N) is 2. The normalized spacial score (nSPS) is 11.1. The zero-order valence-electron chi connectivity index (χ0n) is 10.4. The summed E-state index contributed by atoms with van der Waals surface area (Å²) in [6.07, 6.45) is 1.88. The lowest BCUT2D eigenvalue weighted by Crippen LogP contribution is -2.08. The molecule has 2 N–H and O–H groups in total. The Morgan fingerprint density at radius 2 is 1.94 bits per heavy atom. The van der Waals surface area contributed by atoms with Gasteiger partial charge in [-0.3, -0.25) is 4.68 Å². The van der Waals surface area contributed by atoms with E-state index in [1.165, 1.54) is 5.56 Å². The maximum Gasteiger partial charge on any atom is 0.0727 e. The number of hydrogen-bond acceptors (Lipinski definition) is 2.